The Morgan fingerprint density at radius 3 is 1.61 bits per heavy atom. The smallest absolute Gasteiger partial charge is 0.0349 e. The van der Waals surface area contributed by atoms with Gasteiger partial charge in [0.2, 0.25) is 0 Å². The van der Waals surface area contributed by atoms with Crippen LogP contribution in [0.15, 0.2) is 71.1 Å². The summed E-state index contributed by atoms with van der Waals surface area (Å²) in [6.07, 6.45) is 8.80. The zero-order chi connectivity index (χ0) is 25.2. The van der Waals surface area contributed by atoms with Crippen LogP contribution < -0.4 is 0 Å². The lowest BCUT2D eigenvalue weighted by Crippen LogP contribution is -1.97. The van der Waals surface area contributed by atoms with Gasteiger partial charge in [-0.15, -0.1) is 22.7 Å². The van der Waals surface area contributed by atoms with E-state index >= 15 is 0 Å². The van der Waals surface area contributed by atoms with E-state index in [9.17, 15) is 0 Å². The summed E-state index contributed by atoms with van der Waals surface area (Å²) in [5.41, 5.74) is 6.27. The average Bonchev–Trinajstić information content (AvgIpc) is 3.51. The fourth-order valence-electron chi connectivity index (χ4n) is 4.76. The fourth-order valence-corrected chi connectivity index (χ4v) is 9.25. The molecule has 0 nitrogen and oxygen atoms in total. The molecule has 0 N–H and O–H groups in total. The van der Waals surface area contributed by atoms with Gasteiger partial charge in [-0.25, -0.2) is 0 Å². The Bertz CT molecular complexity index is 1430. The first-order valence-electron chi connectivity index (χ1n) is 12.3. The number of rotatable bonds is 9. The van der Waals surface area contributed by atoms with E-state index in [-0.39, 0.29) is 0 Å². The number of thiophene rings is 2. The Morgan fingerprint density at radius 2 is 1.08 bits per heavy atom. The summed E-state index contributed by atoms with van der Waals surface area (Å²) in [6.45, 7) is 2.28. The van der Waals surface area contributed by atoms with Gasteiger partial charge in [0.1, 0.15) is 0 Å². The second kappa shape index (κ2) is 12.1. The molecule has 0 spiro atoms. The topological polar surface area (TPSA) is 0 Å². The summed E-state index contributed by atoms with van der Waals surface area (Å²) < 4.78 is 7.25. The van der Waals surface area contributed by atoms with Gasteiger partial charge in [-0.2, -0.15) is 0 Å². The van der Waals surface area contributed by atoms with E-state index in [0.29, 0.717) is 0 Å². The minimum Gasteiger partial charge on any atom is -0.144 e. The van der Waals surface area contributed by atoms with Crippen molar-refractivity contribution in [3.63, 3.8) is 0 Å². The van der Waals surface area contributed by atoms with E-state index in [4.69, 9.17) is 0 Å². The lowest BCUT2D eigenvalue weighted by molar-refractivity contribution is 0.607. The van der Waals surface area contributed by atoms with E-state index in [1.165, 1.54) is 95.5 Å². The van der Waals surface area contributed by atoms with Crippen LogP contribution in [0, 0.1) is 0 Å². The molecular weight excluding hydrogens is 744 g/mol. The van der Waals surface area contributed by atoms with Crippen molar-refractivity contribution in [1.29, 1.82) is 0 Å². The number of fused-ring (bicyclic) bond motifs is 2. The Hall–Kier alpha value is -0.500. The van der Waals surface area contributed by atoms with Crippen LogP contribution >= 0.6 is 86.4 Å². The third kappa shape index (κ3) is 5.60. The average molecular weight is 770 g/mol. The highest BCUT2D eigenvalue weighted by atomic mass is 79.9. The molecule has 5 rings (SSSR count). The summed E-state index contributed by atoms with van der Waals surface area (Å²) in [4.78, 5) is 0. The molecule has 0 amide bonds. The first-order valence-corrected chi connectivity index (χ1v) is 17.3. The second-order valence-corrected chi connectivity index (χ2v) is 14.4. The van der Waals surface area contributed by atoms with Gasteiger partial charge < -0.3 is 0 Å². The van der Waals surface area contributed by atoms with E-state index in [2.05, 4.69) is 124 Å². The molecule has 0 aliphatic heterocycles. The number of hydrogen-bond acceptors (Lipinski definition) is 2. The van der Waals surface area contributed by atoms with Crippen molar-refractivity contribution in [3.05, 3.63) is 76.7 Å². The van der Waals surface area contributed by atoms with Crippen LogP contribution in [0.3, 0.4) is 0 Å². The van der Waals surface area contributed by atoms with Crippen LogP contribution in [-0.2, 0) is 6.42 Å². The Kier molecular flexibility index (Phi) is 9.12. The molecule has 36 heavy (non-hydrogen) atoms. The van der Waals surface area contributed by atoms with Gasteiger partial charge >= 0.3 is 0 Å². The zero-order valence-corrected chi connectivity index (χ0v) is 28.0. The van der Waals surface area contributed by atoms with Crippen LogP contribution in [0.1, 0.15) is 51.0 Å². The molecule has 5 aromatic rings. The fraction of sp³-hybridized carbons (Fsp3) is 0.267. The van der Waals surface area contributed by atoms with E-state index in [1.54, 1.807) is 22.7 Å². The van der Waals surface area contributed by atoms with Gasteiger partial charge in [-0.05, 0) is 137 Å². The maximum Gasteiger partial charge on any atom is 0.0349 e. The van der Waals surface area contributed by atoms with E-state index in [1.807, 2.05) is 0 Å². The quantitative estimate of drug-likeness (QED) is 0.131. The zero-order valence-electron chi connectivity index (χ0n) is 20.0. The van der Waals surface area contributed by atoms with Crippen LogP contribution in [0.5, 0.6) is 0 Å². The van der Waals surface area contributed by atoms with Gasteiger partial charge in [-0.3, -0.25) is 0 Å². The van der Waals surface area contributed by atoms with Crippen LogP contribution in [0.2, 0.25) is 0 Å². The summed E-state index contributed by atoms with van der Waals surface area (Å²) in [5.74, 6) is 0. The van der Waals surface area contributed by atoms with Gasteiger partial charge in [0.25, 0.3) is 0 Å². The van der Waals surface area contributed by atoms with Crippen molar-refractivity contribution in [3.8, 4) is 22.3 Å². The highest BCUT2D eigenvalue weighted by Crippen LogP contribution is 2.47. The number of unbranched alkanes of at least 4 members (excludes halogenated alkanes) is 5. The first-order chi connectivity index (χ1) is 17.5. The van der Waals surface area contributed by atoms with Crippen LogP contribution in [0.25, 0.3) is 42.4 Å². The molecule has 0 aliphatic carbocycles. The molecule has 2 heterocycles. The van der Waals surface area contributed by atoms with Gasteiger partial charge in [0.05, 0.1) is 0 Å². The molecule has 186 valence electrons. The number of hydrogen-bond donors (Lipinski definition) is 0. The molecular formula is C30H26Br4S2. The summed E-state index contributed by atoms with van der Waals surface area (Å²) >= 11 is 19.5. The molecule has 6 heteroatoms. The van der Waals surface area contributed by atoms with Gasteiger partial charge in [0, 0.05) is 27.3 Å². The van der Waals surface area contributed by atoms with Gasteiger partial charge in [-0.1, -0.05) is 70.9 Å². The van der Waals surface area contributed by atoms with E-state index < -0.39 is 0 Å². The molecule has 0 fully saturated rings. The predicted molar refractivity (Wildman–Crippen MR) is 176 cm³/mol. The molecule has 0 atom stereocenters. The first kappa shape index (κ1) is 27.1. The second-order valence-electron chi connectivity index (χ2n) is 9.18. The van der Waals surface area contributed by atoms with Crippen molar-refractivity contribution in [2.24, 2.45) is 0 Å². The van der Waals surface area contributed by atoms with Crippen LogP contribution in [-0.4, -0.2) is 0 Å². The standard InChI is InChI=1S/C30H26Br4S2/c1-2-3-4-5-6-7-8-20-29(33)23(21-16-27-18(9-11-35-27)13-25(21)31)15-24(30(20)34)22-17-28-19(10-12-36-28)14-26(22)32/h9-17H,2-8H2,1H3. The van der Waals surface area contributed by atoms with Crippen molar-refractivity contribution >= 4 is 107 Å². The van der Waals surface area contributed by atoms with Crippen LogP contribution in [0.4, 0.5) is 0 Å². The Morgan fingerprint density at radius 1 is 0.583 bits per heavy atom. The number of halogens is 4. The van der Waals surface area contributed by atoms with E-state index in [0.717, 1.165) is 15.4 Å². The third-order valence-electron chi connectivity index (χ3n) is 6.74. The number of benzene rings is 3. The minimum absolute atomic E-state index is 1.05. The molecule has 3 aromatic carbocycles. The molecule has 0 saturated carbocycles. The molecule has 0 radical (unpaired) electrons. The molecule has 0 bridgehead atoms. The van der Waals surface area contributed by atoms with Gasteiger partial charge in [0.15, 0.2) is 0 Å². The summed E-state index contributed by atoms with van der Waals surface area (Å²) in [7, 11) is 0. The third-order valence-corrected chi connectivity index (χ3v) is 11.6. The normalized spacial score (nSPS) is 11.7. The summed E-state index contributed by atoms with van der Waals surface area (Å²) in [6, 6.07) is 15.9. The molecule has 0 saturated heterocycles. The maximum absolute atomic E-state index is 4.05. The van der Waals surface area contributed by atoms with Crippen molar-refractivity contribution < 1.29 is 0 Å². The highest BCUT2D eigenvalue weighted by molar-refractivity contribution is 9.11. The molecule has 0 unspecified atom stereocenters. The van der Waals surface area contributed by atoms with Crippen molar-refractivity contribution in [2.75, 3.05) is 0 Å². The Labute approximate surface area is 255 Å². The molecule has 2 aromatic heterocycles. The summed E-state index contributed by atoms with van der Waals surface area (Å²) in [5, 5.41) is 6.89. The largest absolute Gasteiger partial charge is 0.144 e. The highest BCUT2D eigenvalue weighted by Gasteiger charge is 2.20. The maximum atomic E-state index is 4.05. The lowest BCUT2D eigenvalue weighted by Gasteiger charge is -2.19. The Balaban J connectivity index is 1.64. The predicted octanol–water partition coefficient (Wildman–Crippen LogP) is 13.4. The lowest BCUT2D eigenvalue weighted by atomic mass is 9.93. The van der Waals surface area contributed by atoms with Crippen molar-refractivity contribution in [2.45, 2.75) is 51.9 Å². The monoisotopic (exact) mass is 766 g/mol. The molecule has 0 aliphatic rings. The minimum atomic E-state index is 1.05. The van der Waals surface area contributed by atoms with Crippen molar-refractivity contribution in [1.82, 2.24) is 0 Å². The SMILES string of the molecule is CCCCCCCCc1c(Br)c(-c2cc3sccc3cc2Br)cc(-c2cc3sccc3cc2Br)c1Br.